The van der Waals surface area contributed by atoms with E-state index in [-0.39, 0.29) is 12.2 Å². The van der Waals surface area contributed by atoms with E-state index in [1.165, 1.54) is 0 Å². The standard InChI is InChI=1S/C16H21BrO3/c17-14-10-8-7-9-13(14)15(18)11-5-3-1-2-4-6-12-16(19)20/h7-10H,1-6,11-12H2,(H,19,20). The highest BCUT2D eigenvalue weighted by Gasteiger charge is 2.08. The van der Waals surface area contributed by atoms with Crippen LogP contribution in [0.25, 0.3) is 0 Å². The van der Waals surface area contributed by atoms with Crippen LogP contribution in [0.2, 0.25) is 0 Å². The molecule has 0 radical (unpaired) electrons. The fraction of sp³-hybridized carbons (Fsp3) is 0.500. The van der Waals surface area contributed by atoms with Crippen molar-refractivity contribution in [3.05, 3.63) is 34.3 Å². The van der Waals surface area contributed by atoms with Gasteiger partial charge in [0.25, 0.3) is 0 Å². The topological polar surface area (TPSA) is 54.4 Å². The van der Waals surface area contributed by atoms with Crippen molar-refractivity contribution in [2.24, 2.45) is 0 Å². The Morgan fingerprint density at radius 3 is 2.05 bits per heavy atom. The van der Waals surface area contributed by atoms with Crippen molar-refractivity contribution >= 4 is 27.7 Å². The number of carbonyl (C=O) groups is 2. The molecule has 0 aliphatic carbocycles. The first kappa shape index (κ1) is 16.9. The van der Waals surface area contributed by atoms with Crippen LogP contribution in [0.1, 0.15) is 61.7 Å². The van der Waals surface area contributed by atoms with E-state index < -0.39 is 5.97 Å². The molecule has 3 nitrogen and oxygen atoms in total. The molecule has 0 aliphatic rings. The average Bonchev–Trinajstić information content (AvgIpc) is 2.41. The van der Waals surface area contributed by atoms with Gasteiger partial charge in [0.1, 0.15) is 0 Å². The number of halogens is 1. The van der Waals surface area contributed by atoms with Crippen molar-refractivity contribution in [1.82, 2.24) is 0 Å². The SMILES string of the molecule is O=C(O)CCCCCCCCC(=O)c1ccccc1Br. The van der Waals surface area contributed by atoms with Crippen LogP contribution in [0.15, 0.2) is 28.7 Å². The van der Waals surface area contributed by atoms with Gasteiger partial charge in [-0.05, 0) is 18.9 Å². The number of Topliss-reactive ketones (excluding diaryl/α,β-unsaturated/α-hetero) is 1. The number of hydrogen-bond donors (Lipinski definition) is 1. The Labute approximate surface area is 128 Å². The van der Waals surface area contributed by atoms with Crippen LogP contribution in [0.4, 0.5) is 0 Å². The van der Waals surface area contributed by atoms with Crippen LogP contribution in [0, 0.1) is 0 Å². The predicted octanol–water partition coefficient (Wildman–Crippen LogP) is 4.84. The molecule has 1 N–H and O–H groups in total. The smallest absolute Gasteiger partial charge is 0.303 e. The largest absolute Gasteiger partial charge is 0.481 e. The number of hydrogen-bond acceptors (Lipinski definition) is 2. The number of carboxylic acid groups (broad SMARTS) is 1. The number of unbranched alkanes of at least 4 members (excludes halogenated alkanes) is 5. The third-order valence-corrected chi connectivity index (χ3v) is 3.91. The van der Waals surface area contributed by atoms with Gasteiger partial charge in [0.2, 0.25) is 0 Å². The summed E-state index contributed by atoms with van der Waals surface area (Å²) in [4.78, 5) is 22.3. The van der Waals surface area contributed by atoms with Crippen molar-refractivity contribution < 1.29 is 14.7 Å². The van der Waals surface area contributed by atoms with E-state index in [9.17, 15) is 9.59 Å². The lowest BCUT2D eigenvalue weighted by Crippen LogP contribution is -1.99. The van der Waals surface area contributed by atoms with Crippen molar-refractivity contribution in [3.8, 4) is 0 Å². The second-order valence-corrected chi connectivity index (χ2v) is 5.77. The van der Waals surface area contributed by atoms with E-state index in [4.69, 9.17) is 5.11 Å². The number of rotatable bonds is 10. The first-order valence-corrected chi connectivity index (χ1v) is 7.90. The van der Waals surface area contributed by atoms with Crippen molar-refractivity contribution in [3.63, 3.8) is 0 Å². The van der Waals surface area contributed by atoms with Gasteiger partial charge in [-0.2, -0.15) is 0 Å². The maximum atomic E-state index is 12.0. The highest BCUT2D eigenvalue weighted by molar-refractivity contribution is 9.10. The van der Waals surface area contributed by atoms with Crippen LogP contribution >= 0.6 is 15.9 Å². The molecule has 110 valence electrons. The third-order valence-electron chi connectivity index (χ3n) is 3.22. The zero-order valence-corrected chi connectivity index (χ0v) is 13.2. The van der Waals surface area contributed by atoms with Gasteiger partial charge in [0.15, 0.2) is 5.78 Å². The minimum absolute atomic E-state index is 0.184. The Morgan fingerprint density at radius 1 is 0.900 bits per heavy atom. The lowest BCUT2D eigenvalue weighted by molar-refractivity contribution is -0.137. The molecule has 20 heavy (non-hydrogen) atoms. The Bertz CT molecular complexity index is 443. The number of carboxylic acids is 1. The second-order valence-electron chi connectivity index (χ2n) is 4.92. The Kier molecular flexibility index (Phi) is 8.19. The van der Waals surface area contributed by atoms with Crippen molar-refractivity contribution in [1.29, 1.82) is 0 Å². The molecule has 0 atom stereocenters. The van der Waals surface area contributed by atoms with E-state index in [0.717, 1.165) is 48.6 Å². The van der Waals surface area contributed by atoms with Crippen molar-refractivity contribution in [2.75, 3.05) is 0 Å². The van der Waals surface area contributed by atoms with Crippen molar-refractivity contribution in [2.45, 2.75) is 51.4 Å². The first-order valence-electron chi connectivity index (χ1n) is 7.11. The lowest BCUT2D eigenvalue weighted by atomic mass is 10.0. The molecule has 0 unspecified atom stereocenters. The molecular weight excluding hydrogens is 320 g/mol. The average molecular weight is 341 g/mol. The molecule has 0 saturated heterocycles. The third kappa shape index (κ3) is 6.85. The maximum absolute atomic E-state index is 12.0. The predicted molar refractivity (Wildman–Crippen MR) is 83.0 cm³/mol. The summed E-state index contributed by atoms with van der Waals surface area (Å²) in [5.74, 6) is -0.535. The van der Waals surface area contributed by atoms with E-state index in [2.05, 4.69) is 15.9 Å². The van der Waals surface area contributed by atoms with Crippen LogP contribution < -0.4 is 0 Å². The van der Waals surface area contributed by atoms with Gasteiger partial charge in [-0.15, -0.1) is 0 Å². The monoisotopic (exact) mass is 340 g/mol. The summed E-state index contributed by atoms with van der Waals surface area (Å²) in [7, 11) is 0. The molecule has 0 heterocycles. The lowest BCUT2D eigenvalue weighted by Gasteiger charge is -2.04. The van der Waals surface area contributed by atoms with Gasteiger partial charge in [0, 0.05) is 22.9 Å². The number of carbonyl (C=O) groups excluding carboxylic acids is 1. The highest BCUT2D eigenvalue weighted by Crippen LogP contribution is 2.19. The fourth-order valence-electron chi connectivity index (χ4n) is 2.09. The molecule has 0 amide bonds. The van der Waals surface area contributed by atoms with E-state index in [1.54, 1.807) is 0 Å². The number of aliphatic carboxylic acids is 1. The Morgan fingerprint density at radius 2 is 1.45 bits per heavy atom. The molecule has 0 bridgehead atoms. The fourth-order valence-corrected chi connectivity index (χ4v) is 2.60. The first-order chi connectivity index (χ1) is 9.61. The Balaban J connectivity index is 2.08. The maximum Gasteiger partial charge on any atom is 0.303 e. The summed E-state index contributed by atoms with van der Waals surface area (Å²) in [6.07, 6.45) is 6.62. The number of ketones is 1. The molecule has 1 aromatic carbocycles. The van der Waals surface area contributed by atoms with E-state index >= 15 is 0 Å². The van der Waals surface area contributed by atoms with Gasteiger partial charge >= 0.3 is 5.97 Å². The van der Waals surface area contributed by atoms with Crippen LogP contribution in [0.3, 0.4) is 0 Å². The van der Waals surface area contributed by atoms with E-state index in [1.807, 2.05) is 24.3 Å². The zero-order chi connectivity index (χ0) is 14.8. The minimum atomic E-state index is -0.718. The molecule has 1 rings (SSSR count). The van der Waals surface area contributed by atoms with Gasteiger partial charge in [-0.1, -0.05) is 59.8 Å². The molecule has 4 heteroatoms. The molecule has 0 aromatic heterocycles. The summed E-state index contributed by atoms with van der Waals surface area (Å²) >= 11 is 3.39. The molecule has 0 spiro atoms. The summed E-state index contributed by atoms with van der Waals surface area (Å²) < 4.78 is 0.860. The molecule has 0 aliphatic heterocycles. The zero-order valence-electron chi connectivity index (χ0n) is 11.6. The molecule has 0 fully saturated rings. The van der Waals surface area contributed by atoms with Crippen LogP contribution in [0.5, 0.6) is 0 Å². The molecular formula is C16H21BrO3. The molecule has 1 aromatic rings. The summed E-state index contributed by atoms with van der Waals surface area (Å²) in [6.45, 7) is 0. The summed E-state index contributed by atoms with van der Waals surface area (Å²) in [5.41, 5.74) is 0.758. The summed E-state index contributed by atoms with van der Waals surface area (Å²) in [5, 5.41) is 8.50. The van der Waals surface area contributed by atoms with Gasteiger partial charge < -0.3 is 5.11 Å². The number of benzene rings is 1. The Hall–Kier alpha value is -1.16. The van der Waals surface area contributed by atoms with Gasteiger partial charge in [0.05, 0.1) is 0 Å². The minimum Gasteiger partial charge on any atom is -0.481 e. The molecule has 0 saturated carbocycles. The highest BCUT2D eigenvalue weighted by atomic mass is 79.9. The quantitative estimate of drug-likeness (QED) is 0.489. The van der Waals surface area contributed by atoms with E-state index in [0.29, 0.717) is 6.42 Å². The second kappa shape index (κ2) is 9.70. The van der Waals surface area contributed by atoms with Crippen LogP contribution in [-0.4, -0.2) is 16.9 Å². The summed E-state index contributed by atoms with van der Waals surface area (Å²) in [6, 6.07) is 7.51. The normalized spacial score (nSPS) is 10.4. The van der Waals surface area contributed by atoms with Crippen LogP contribution in [-0.2, 0) is 4.79 Å². The van der Waals surface area contributed by atoms with Gasteiger partial charge in [-0.25, -0.2) is 0 Å². The van der Waals surface area contributed by atoms with Gasteiger partial charge in [-0.3, -0.25) is 9.59 Å².